The number of rotatable bonds is 3. The van der Waals surface area contributed by atoms with Crippen LogP contribution in [0, 0.1) is 0 Å². The average Bonchev–Trinajstić information content (AvgIpc) is 2.95. The van der Waals surface area contributed by atoms with Gasteiger partial charge in [0.15, 0.2) is 0 Å². The first kappa shape index (κ1) is 15.0. The number of nitrogens with zero attached hydrogens (tertiary/aromatic N) is 1. The molecule has 0 saturated carbocycles. The van der Waals surface area contributed by atoms with Crippen LogP contribution in [0.4, 0.5) is 0 Å². The first-order chi connectivity index (χ1) is 11.7. The SMILES string of the molecule is C[Si](C)(/C=C/n1c2ccccc2c2ccccc21)c1ccccc1. The number of benzene rings is 3. The van der Waals surface area contributed by atoms with E-state index in [1.54, 1.807) is 0 Å². The van der Waals surface area contributed by atoms with E-state index in [-0.39, 0.29) is 0 Å². The van der Waals surface area contributed by atoms with E-state index in [0.29, 0.717) is 0 Å². The number of para-hydroxylation sites is 2. The van der Waals surface area contributed by atoms with E-state index >= 15 is 0 Å². The fraction of sp³-hybridized carbons (Fsp3) is 0.0909. The third kappa shape index (κ3) is 2.49. The number of fused-ring (bicyclic) bond motifs is 3. The summed E-state index contributed by atoms with van der Waals surface area (Å²) in [6.07, 6.45) is 2.28. The molecule has 0 spiro atoms. The van der Waals surface area contributed by atoms with Crippen LogP contribution >= 0.6 is 0 Å². The highest BCUT2D eigenvalue weighted by molar-refractivity contribution is 6.94. The Morgan fingerprint density at radius 3 is 1.75 bits per heavy atom. The van der Waals surface area contributed by atoms with Gasteiger partial charge < -0.3 is 4.57 Å². The maximum absolute atomic E-state index is 2.43. The second kappa shape index (κ2) is 5.80. The van der Waals surface area contributed by atoms with Gasteiger partial charge in [0.25, 0.3) is 0 Å². The van der Waals surface area contributed by atoms with E-state index < -0.39 is 8.07 Å². The second-order valence-corrected chi connectivity index (χ2v) is 11.2. The Morgan fingerprint density at radius 1 is 0.667 bits per heavy atom. The van der Waals surface area contributed by atoms with Gasteiger partial charge in [-0.3, -0.25) is 0 Å². The summed E-state index contributed by atoms with van der Waals surface area (Å²) in [6.45, 7) is 4.79. The summed E-state index contributed by atoms with van der Waals surface area (Å²) in [7, 11) is -1.61. The van der Waals surface area contributed by atoms with Crippen molar-refractivity contribution in [1.82, 2.24) is 4.57 Å². The lowest BCUT2D eigenvalue weighted by molar-refractivity contribution is 1.29. The lowest BCUT2D eigenvalue weighted by Gasteiger charge is -2.18. The van der Waals surface area contributed by atoms with Crippen molar-refractivity contribution in [3.63, 3.8) is 0 Å². The van der Waals surface area contributed by atoms with Crippen LogP contribution in [0.1, 0.15) is 0 Å². The van der Waals surface area contributed by atoms with Gasteiger partial charge in [0.2, 0.25) is 0 Å². The van der Waals surface area contributed by atoms with Gasteiger partial charge in [-0.1, -0.05) is 90.7 Å². The summed E-state index contributed by atoms with van der Waals surface area (Å²) >= 11 is 0. The molecule has 118 valence electrons. The Bertz CT molecular complexity index is 972. The van der Waals surface area contributed by atoms with Gasteiger partial charge >= 0.3 is 0 Å². The minimum Gasteiger partial charge on any atom is -0.317 e. The summed E-state index contributed by atoms with van der Waals surface area (Å²) in [5, 5.41) is 4.09. The van der Waals surface area contributed by atoms with Crippen LogP contribution in [0.3, 0.4) is 0 Å². The van der Waals surface area contributed by atoms with Gasteiger partial charge in [-0.2, -0.15) is 0 Å². The molecule has 0 radical (unpaired) electrons. The Hall–Kier alpha value is -2.58. The molecule has 1 heterocycles. The maximum atomic E-state index is 2.43. The Labute approximate surface area is 143 Å². The number of aromatic nitrogens is 1. The van der Waals surface area contributed by atoms with Crippen LogP contribution in [0.5, 0.6) is 0 Å². The zero-order valence-corrected chi connectivity index (χ0v) is 15.1. The van der Waals surface area contributed by atoms with Gasteiger partial charge in [-0.15, -0.1) is 0 Å². The van der Waals surface area contributed by atoms with E-state index in [2.05, 4.69) is 108 Å². The third-order valence-corrected chi connectivity index (χ3v) is 7.58. The van der Waals surface area contributed by atoms with Crippen molar-refractivity contribution in [3.8, 4) is 0 Å². The minimum atomic E-state index is -1.61. The monoisotopic (exact) mass is 327 g/mol. The molecule has 2 heteroatoms. The van der Waals surface area contributed by atoms with Crippen molar-refractivity contribution >= 4 is 41.3 Å². The van der Waals surface area contributed by atoms with Crippen LogP contribution in [0.15, 0.2) is 84.6 Å². The van der Waals surface area contributed by atoms with Crippen molar-refractivity contribution in [2.24, 2.45) is 0 Å². The second-order valence-electron chi connectivity index (χ2n) is 6.81. The fourth-order valence-electron chi connectivity index (χ4n) is 3.34. The summed E-state index contributed by atoms with van der Waals surface area (Å²) < 4.78 is 2.34. The molecule has 24 heavy (non-hydrogen) atoms. The van der Waals surface area contributed by atoms with Crippen LogP contribution < -0.4 is 5.19 Å². The zero-order chi connectivity index (χ0) is 16.6. The molecule has 0 bridgehead atoms. The highest BCUT2D eigenvalue weighted by Gasteiger charge is 2.19. The van der Waals surface area contributed by atoms with Crippen molar-refractivity contribution < 1.29 is 0 Å². The van der Waals surface area contributed by atoms with E-state index in [1.165, 1.54) is 27.0 Å². The topological polar surface area (TPSA) is 4.93 Å². The maximum Gasteiger partial charge on any atom is 0.105 e. The summed E-state index contributed by atoms with van der Waals surface area (Å²) in [5.74, 6) is 0. The number of hydrogen-bond acceptors (Lipinski definition) is 0. The van der Waals surface area contributed by atoms with Gasteiger partial charge in [0, 0.05) is 17.0 Å². The van der Waals surface area contributed by atoms with Gasteiger partial charge in [-0.05, 0) is 12.1 Å². The molecule has 1 nitrogen and oxygen atoms in total. The molecular weight excluding hydrogens is 306 g/mol. The molecule has 4 rings (SSSR count). The Balaban J connectivity index is 1.87. The standard InChI is InChI=1S/C22H21NSi/c1-24(2,18-10-4-3-5-11-18)17-16-23-21-14-8-6-12-19(21)20-13-7-9-15-22(20)23/h3-17H,1-2H3/b17-16+. The van der Waals surface area contributed by atoms with Gasteiger partial charge in [0.1, 0.15) is 8.07 Å². The van der Waals surface area contributed by atoms with Crippen LogP contribution in [0.25, 0.3) is 28.0 Å². The molecule has 3 aromatic carbocycles. The summed E-state index contributed by atoms with van der Waals surface area (Å²) in [4.78, 5) is 0. The van der Waals surface area contributed by atoms with Gasteiger partial charge in [-0.25, -0.2) is 0 Å². The fourth-order valence-corrected chi connectivity index (χ4v) is 5.10. The summed E-state index contributed by atoms with van der Waals surface area (Å²) in [5.41, 5.74) is 4.97. The van der Waals surface area contributed by atoms with E-state index in [0.717, 1.165) is 0 Å². The molecule has 0 saturated heterocycles. The van der Waals surface area contributed by atoms with Crippen molar-refractivity contribution in [3.05, 3.63) is 84.6 Å². The molecule has 0 atom stereocenters. The number of hydrogen-bond donors (Lipinski definition) is 0. The first-order valence-electron chi connectivity index (χ1n) is 8.39. The molecular formula is C22H21NSi. The van der Waals surface area contributed by atoms with E-state index in [4.69, 9.17) is 0 Å². The lowest BCUT2D eigenvalue weighted by Crippen LogP contribution is -2.39. The smallest absolute Gasteiger partial charge is 0.105 e. The van der Waals surface area contributed by atoms with E-state index in [1.807, 2.05) is 0 Å². The molecule has 0 aliphatic carbocycles. The van der Waals surface area contributed by atoms with Crippen molar-refractivity contribution in [2.75, 3.05) is 0 Å². The molecule has 0 N–H and O–H groups in total. The predicted octanol–water partition coefficient (Wildman–Crippen LogP) is 5.42. The molecule has 0 unspecified atom stereocenters. The largest absolute Gasteiger partial charge is 0.317 e. The average molecular weight is 328 g/mol. The Morgan fingerprint density at radius 2 is 1.17 bits per heavy atom. The molecule has 4 aromatic rings. The lowest BCUT2D eigenvalue weighted by atomic mass is 10.2. The normalized spacial score (nSPS) is 12.4. The quantitative estimate of drug-likeness (QED) is 0.443. The summed E-state index contributed by atoms with van der Waals surface area (Å²) in [6, 6.07) is 28.2. The molecule has 0 fully saturated rings. The molecule has 0 aliphatic rings. The predicted molar refractivity (Wildman–Crippen MR) is 108 cm³/mol. The van der Waals surface area contributed by atoms with Gasteiger partial charge in [0.05, 0.1) is 11.0 Å². The molecule has 0 amide bonds. The first-order valence-corrected chi connectivity index (χ1v) is 11.5. The van der Waals surface area contributed by atoms with Crippen molar-refractivity contribution in [2.45, 2.75) is 13.1 Å². The third-order valence-electron chi connectivity index (χ3n) is 4.78. The van der Waals surface area contributed by atoms with Crippen LogP contribution in [0.2, 0.25) is 13.1 Å². The zero-order valence-electron chi connectivity index (χ0n) is 14.1. The van der Waals surface area contributed by atoms with Crippen molar-refractivity contribution in [1.29, 1.82) is 0 Å². The molecule has 0 aliphatic heterocycles. The van der Waals surface area contributed by atoms with E-state index in [9.17, 15) is 0 Å². The minimum absolute atomic E-state index is 1.27. The van der Waals surface area contributed by atoms with Crippen LogP contribution in [-0.2, 0) is 0 Å². The highest BCUT2D eigenvalue weighted by Crippen LogP contribution is 2.29. The Kier molecular flexibility index (Phi) is 3.62. The molecule has 1 aromatic heterocycles. The van der Waals surface area contributed by atoms with Crippen LogP contribution in [-0.4, -0.2) is 12.6 Å². The highest BCUT2D eigenvalue weighted by atomic mass is 28.3.